The molecular formula is C13H17ClN2O4. The Morgan fingerprint density at radius 1 is 1.40 bits per heavy atom. The highest BCUT2D eigenvalue weighted by molar-refractivity contribution is 6.33. The summed E-state index contributed by atoms with van der Waals surface area (Å²) in [5, 5.41) is 13.3. The average Bonchev–Trinajstić information content (AvgIpc) is 2.41. The first kappa shape index (κ1) is 16.4. The van der Waals surface area contributed by atoms with Crippen LogP contribution in [-0.4, -0.2) is 31.1 Å². The number of benzene rings is 1. The number of nitro groups is 1. The molecule has 1 N–H and O–H groups in total. The van der Waals surface area contributed by atoms with E-state index in [0.717, 1.165) is 19.3 Å². The highest BCUT2D eigenvalue weighted by Crippen LogP contribution is 2.24. The van der Waals surface area contributed by atoms with E-state index in [9.17, 15) is 14.9 Å². The lowest BCUT2D eigenvalue weighted by Crippen LogP contribution is -2.24. The van der Waals surface area contributed by atoms with Gasteiger partial charge >= 0.3 is 0 Å². The Labute approximate surface area is 122 Å². The molecule has 0 aliphatic rings. The van der Waals surface area contributed by atoms with E-state index in [0.29, 0.717) is 18.7 Å². The van der Waals surface area contributed by atoms with Crippen LogP contribution in [0.25, 0.3) is 0 Å². The molecule has 0 aliphatic heterocycles. The van der Waals surface area contributed by atoms with E-state index in [2.05, 4.69) is 5.32 Å². The van der Waals surface area contributed by atoms with Crippen molar-refractivity contribution in [3.63, 3.8) is 0 Å². The lowest BCUT2D eigenvalue weighted by atomic mass is 10.2. The fourth-order valence-corrected chi connectivity index (χ4v) is 1.90. The first-order valence-corrected chi connectivity index (χ1v) is 6.65. The molecule has 7 heteroatoms. The van der Waals surface area contributed by atoms with Crippen LogP contribution in [0.3, 0.4) is 0 Å². The third-order valence-corrected chi connectivity index (χ3v) is 3.02. The quantitative estimate of drug-likeness (QED) is 0.455. The summed E-state index contributed by atoms with van der Waals surface area (Å²) in [5.74, 6) is -0.284. The summed E-state index contributed by atoms with van der Waals surface area (Å²) in [5.41, 5.74) is 0.111. The van der Waals surface area contributed by atoms with E-state index in [1.54, 1.807) is 7.11 Å². The highest BCUT2D eigenvalue weighted by Gasteiger charge is 2.14. The van der Waals surface area contributed by atoms with Gasteiger partial charge in [0.05, 0.1) is 4.92 Å². The van der Waals surface area contributed by atoms with Crippen LogP contribution in [0.2, 0.25) is 5.02 Å². The molecule has 0 unspecified atom stereocenters. The summed E-state index contributed by atoms with van der Waals surface area (Å²) in [6, 6.07) is 3.93. The topological polar surface area (TPSA) is 81.5 Å². The van der Waals surface area contributed by atoms with Crippen molar-refractivity contribution in [2.24, 2.45) is 0 Å². The normalized spacial score (nSPS) is 10.3. The Balaban J connectivity index is 2.44. The number of nitrogens with zero attached hydrogens (tertiary/aromatic N) is 1. The number of hydrogen-bond acceptors (Lipinski definition) is 4. The molecule has 0 saturated heterocycles. The molecule has 1 aromatic carbocycles. The zero-order valence-electron chi connectivity index (χ0n) is 11.2. The van der Waals surface area contributed by atoms with Crippen LogP contribution < -0.4 is 5.32 Å². The fraction of sp³-hybridized carbons (Fsp3) is 0.462. The summed E-state index contributed by atoms with van der Waals surface area (Å²) in [7, 11) is 1.65. The van der Waals surface area contributed by atoms with E-state index in [1.807, 2.05) is 0 Å². The van der Waals surface area contributed by atoms with Gasteiger partial charge in [0.15, 0.2) is 0 Å². The third kappa shape index (κ3) is 5.14. The highest BCUT2D eigenvalue weighted by atomic mass is 35.5. The van der Waals surface area contributed by atoms with E-state index < -0.39 is 4.92 Å². The number of amides is 1. The molecule has 1 rings (SSSR count). The molecule has 0 spiro atoms. The first-order valence-electron chi connectivity index (χ1n) is 6.27. The average molecular weight is 301 g/mol. The van der Waals surface area contributed by atoms with Crippen LogP contribution in [0, 0.1) is 10.1 Å². The zero-order valence-corrected chi connectivity index (χ0v) is 12.0. The second-order valence-corrected chi connectivity index (χ2v) is 4.64. The maximum atomic E-state index is 11.8. The van der Waals surface area contributed by atoms with E-state index >= 15 is 0 Å². The summed E-state index contributed by atoms with van der Waals surface area (Å²) in [4.78, 5) is 21.8. The largest absolute Gasteiger partial charge is 0.385 e. The minimum atomic E-state index is -0.584. The minimum Gasteiger partial charge on any atom is -0.385 e. The van der Waals surface area contributed by atoms with Gasteiger partial charge in [0, 0.05) is 31.9 Å². The predicted molar refractivity (Wildman–Crippen MR) is 76.2 cm³/mol. The van der Waals surface area contributed by atoms with Crippen LogP contribution >= 0.6 is 11.6 Å². The number of carbonyl (C=O) groups excluding carboxylic acids is 1. The number of methoxy groups -OCH3 is 1. The standard InChI is InChI=1S/C13H17ClN2O4/c1-20-8-4-2-3-7-15-13(17)10-5-6-12(16(18)19)11(14)9-10/h5-6,9H,2-4,7-8H2,1H3,(H,15,17). The molecule has 1 amide bonds. The van der Waals surface area contributed by atoms with Gasteiger partial charge in [0.2, 0.25) is 0 Å². The molecule has 20 heavy (non-hydrogen) atoms. The van der Waals surface area contributed by atoms with Crippen LogP contribution in [-0.2, 0) is 4.74 Å². The lowest BCUT2D eigenvalue weighted by Gasteiger charge is -2.05. The van der Waals surface area contributed by atoms with Crippen molar-refractivity contribution in [3.8, 4) is 0 Å². The molecular weight excluding hydrogens is 284 g/mol. The van der Waals surface area contributed by atoms with Crippen LogP contribution in [0.15, 0.2) is 18.2 Å². The van der Waals surface area contributed by atoms with Gasteiger partial charge in [-0.1, -0.05) is 11.6 Å². The summed E-state index contributed by atoms with van der Waals surface area (Å²) >= 11 is 5.75. The number of carbonyl (C=O) groups is 1. The predicted octanol–water partition coefficient (Wildman–Crippen LogP) is 2.79. The first-order chi connectivity index (χ1) is 9.56. The molecule has 6 nitrogen and oxygen atoms in total. The number of hydrogen-bond donors (Lipinski definition) is 1. The second kappa shape index (κ2) is 8.50. The fourth-order valence-electron chi connectivity index (χ4n) is 1.65. The molecule has 0 bridgehead atoms. The Morgan fingerprint density at radius 2 is 2.15 bits per heavy atom. The molecule has 0 heterocycles. The molecule has 0 aliphatic carbocycles. The lowest BCUT2D eigenvalue weighted by molar-refractivity contribution is -0.384. The maximum absolute atomic E-state index is 11.8. The minimum absolute atomic E-state index is 0.0391. The Hall–Kier alpha value is -1.66. The number of ether oxygens (including phenoxy) is 1. The molecule has 0 fully saturated rings. The van der Waals surface area contributed by atoms with E-state index in [1.165, 1.54) is 18.2 Å². The SMILES string of the molecule is COCCCCCNC(=O)c1ccc([N+](=O)[O-])c(Cl)c1. The van der Waals surface area contributed by atoms with Crippen molar-refractivity contribution < 1.29 is 14.5 Å². The zero-order chi connectivity index (χ0) is 15.0. The molecule has 0 radical (unpaired) electrons. The molecule has 0 saturated carbocycles. The molecule has 0 atom stereocenters. The van der Waals surface area contributed by atoms with Gasteiger partial charge in [0.25, 0.3) is 11.6 Å². The van der Waals surface area contributed by atoms with Crippen LogP contribution in [0.1, 0.15) is 29.6 Å². The molecule has 0 aromatic heterocycles. The van der Waals surface area contributed by atoms with Gasteiger partial charge in [-0.15, -0.1) is 0 Å². The van der Waals surface area contributed by atoms with E-state index in [4.69, 9.17) is 16.3 Å². The number of nitro benzene ring substituents is 1. The number of nitrogens with one attached hydrogen (secondary N) is 1. The van der Waals surface area contributed by atoms with Gasteiger partial charge in [-0.3, -0.25) is 14.9 Å². The van der Waals surface area contributed by atoms with Gasteiger partial charge in [-0.05, 0) is 31.4 Å². The van der Waals surface area contributed by atoms with Gasteiger partial charge < -0.3 is 10.1 Å². The van der Waals surface area contributed by atoms with Crippen molar-refractivity contribution >= 4 is 23.2 Å². The smallest absolute Gasteiger partial charge is 0.287 e. The third-order valence-electron chi connectivity index (χ3n) is 2.72. The molecule has 110 valence electrons. The van der Waals surface area contributed by atoms with Gasteiger partial charge in [-0.2, -0.15) is 0 Å². The van der Waals surface area contributed by atoms with Crippen molar-refractivity contribution in [1.29, 1.82) is 0 Å². The Kier molecular flexibility index (Phi) is 6.97. The molecule has 1 aromatic rings. The van der Waals surface area contributed by atoms with Gasteiger partial charge in [-0.25, -0.2) is 0 Å². The van der Waals surface area contributed by atoms with Gasteiger partial charge in [0.1, 0.15) is 5.02 Å². The second-order valence-electron chi connectivity index (χ2n) is 4.23. The van der Waals surface area contributed by atoms with Crippen molar-refractivity contribution in [1.82, 2.24) is 5.32 Å². The van der Waals surface area contributed by atoms with Crippen LogP contribution in [0.4, 0.5) is 5.69 Å². The van der Waals surface area contributed by atoms with Crippen LogP contribution in [0.5, 0.6) is 0 Å². The van der Waals surface area contributed by atoms with Crippen molar-refractivity contribution in [2.75, 3.05) is 20.3 Å². The van der Waals surface area contributed by atoms with E-state index in [-0.39, 0.29) is 16.6 Å². The number of halogens is 1. The summed E-state index contributed by atoms with van der Waals surface area (Å²) in [6.07, 6.45) is 2.78. The number of unbranched alkanes of at least 4 members (excludes halogenated alkanes) is 2. The Bertz CT molecular complexity index is 479. The maximum Gasteiger partial charge on any atom is 0.287 e. The monoisotopic (exact) mass is 300 g/mol. The van der Waals surface area contributed by atoms with Crippen molar-refractivity contribution in [2.45, 2.75) is 19.3 Å². The Morgan fingerprint density at radius 3 is 2.75 bits per heavy atom. The summed E-state index contributed by atoms with van der Waals surface area (Å²) < 4.78 is 4.93. The summed E-state index contributed by atoms with van der Waals surface area (Å²) in [6.45, 7) is 1.27. The number of rotatable bonds is 8. The van der Waals surface area contributed by atoms with Crippen molar-refractivity contribution in [3.05, 3.63) is 38.9 Å².